The van der Waals surface area contributed by atoms with Crippen LogP contribution in [0.15, 0.2) is 129 Å². The van der Waals surface area contributed by atoms with Gasteiger partial charge in [-0.05, 0) is 150 Å². The van der Waals surface area contributed by atoms with Crippen molar-refractivity contribution in [1.29, 1.82) is 0 Å². The molecule has 8 aliphatic heterocycles. The van der Waals surface area contributed by atoms with E-state index in [9.17, 15) is 72.7 Å². The van der Waals surface area contributed by atoms with Crippen LogP contribution in [-0.2, 0) is 84.8 Å². The molecule has 0 aliphatic carbocycles. The van der Waals surface area contributed by atoms with Gasteiger partial charge >= 0.3 is 19.9 Å². The fourth-order valence-electron chi connectivity index (χ4n) is 20.8. The number of aliphatic hydroxyl groups is 1. The summed E-state index contributed by atoms with van der Waals surface area (Å²) in [7, 11) is -5.31. The third kappa shape index (κ3) is 18.4. The van der Waals surface area contributed by atoms with Gasteiger partial charge in [0.1, 0.15) is 53.6 Å². The van der Waals surface area contributed by atoms with Crippen LogP contribution in [0.3, 0.4) is 0 Å². The number of nitrogens with two attached hydrogens (primary N) is 6. The van der Waals surface area contributed by atoms with Crippen LogP contribution >= 0.6 is 7.82 Å². The van der Waals surface area contributed by atoms with Crippen LogP contribution < -0.4 is 60.4 Å². The van der Waals surface area contributed by atoms with E-state index in [2.05, 4.69) is 36.6 Å². The van der Waals surface area contributed by atoms with Crippen LogP contribution in [0.2, 0.25) is 0 Å². The molecular weight excluding hydrogens is 1730 g/mol. The minimum Gasteiger partial charge on any atom is -0.508 e. The van der Waals surface area contributed by atoms with Crippen molar-refractivity contribution in [2.75, 3.05) is 32.9 Å². The highest BCUT2D eigenvalue weighted by Crippen LogP contribution is 2.64. The monoisotopic (exact) mass is 1840 g/mol. The molecule has 2 aromatic heterocycles. The average Bonchev–Trinajstić information content (AvgIpc) is 1.52. The molecule has 6 aromatic rings. The van der Waals surface area contributed by atoms with Crippen molar-refractivity contribution < 1.29 is 105 Å². The summed E-state index contributed by atoms with van der Waals surface area (Å²) < 4.78 is 58.8. The molecule has 0 saturated carbocycles. The van der Waals surface area contributed by atoms with Gasteiger partial charge in [-0.25, -0.2) is 23.8 Å². The zero-order valence-electron chi connectivity index (χ0n) is 75.2. The summed E-state index contributed by atoms with van der Waals surface area (Å²) in [6.45, 7) is 19.2. The average molecular weight is 1840 g/mol. The standard InChI is InChI=1S/C91H113N18O22P/c1-44-30-62-63(31-45(44)2)109(43-101-62)83-77(119)78(66(128-83)42-126-85(122)98-26-28-125-29-27-108-41-50(106-107-108)40-100-82(120)49-12-15-53-59(32-49)91(129-84(53)121)55-16-13-51(110)33-64(55)127-65-34-52(111)14-17-56(65)91)131-132(123,124)130-46(3)39-99-74(118)24-25-87(8)60(35-71(95)115)81-90(11)89(10,38-73(97)117)58(20-23-70(94)114)76(105-90)48(5)80-88(9,37-72(96)116)54(18-21-68(92)112)61(102-80)36-67-86(6,7)57(19-22-69(93)113)75(103-67)47(4)79(87)104-81/h12-17,30-34,36,41,43,46,54,57-58,60,66,77-78,81,83,104,110-111,119H,18-29,35,37-40,42H2,1-11H3,(H2,92,112)(H2,93,113)(H2,94,114)(H2,95,115)(H2,96,116)(H2,97,117)(H,98,122)(H,99,118)(H,100,120)(H,123,124)/b67-36-,79-47-,80-48-/t46-,54-,57-,58-,60+,66-,77-,78-,81-,83+,87-,88+,89+,90+/m1/s1. The Balaban J connectivity index is 0.644. The number of aromatic hydroxyl groups is 2. The van der Waals surface area contributed by atoms with E-state index in [-0.39, 0.29) is 138 Å². The lowest BCUT2D eigenvalue weighted by Gasteiger charge is -2.48. The Kier molecular flexibility index (Phi) is 26.7. The van der Waals surface area contributed by atoms with E-state index >= 15 is 0 Å². The fraction of sp³-hybridized carbons (Fsp3) is 0.495. The van der Waals surface area contributed by atoms with E-state index in [1.165, 1.54) is 58.9 Å². The number of amides is 9. The molecule has 2 saturated heterocycles. The van der Waals surface area contributed by atoms with Crippen molar-refractivity contribution in [3.63, 3.8) is 0 Å². The molecule has 20 N–H and O–H groups in total. The number of allylic oxidation sites excluding steroid dienone is 6. The number of fused-ring (bicyclic) bond motifs is 13. The van der Waals surface area contributed by atoms with E-state index in [0.717, 1.165) is 11.1 Å². The van der Waals surface area contributed by atoms with E-state index < -0.39 is 173 Å². The van der Waals surface area contributed by atoms with Crippen molar-refractivity contribution in [2.24, 2.45) is 94.7 Å². The SMILES string of the molecule is C/C1=C2/N[C@H]([C@H](CC(N)=O)[C@@]2(C)CCC(=O)NC[C@@H](C)OP(=O)(O)O[C@H]2[C@@H](O)[C@@H](n3cnc4cc(C)c(C)cc43)O[C@@H]2COC(=O)NCCOCCn2cc(CNC(=O)c3ccc4c(c3)C3(OC4=O)c4ccc(O)cc4Oc4cc(O)ccc43)nn2)[C@]2(C)N=C(/C(C)=C3N=C(/C=C4N=C1[C@@H](CCC(N)=O)C\4(C)C)[C@@H](CCC(N)=O)[C@]\3(C)CC(N)=O)[C@@H](CCC(N)=O)[C@]2(C)CC(N)=O. The van der Waals surface area contributed by atoms with Crippen LogP contribution in [-0.4, -0.2) is 190 Å². The number of hydrogen-bond donors (Lipinski definition) is 14. The number of nitrogens with zero attached hydrogens (tertiary/aromatic N) is 8. The lowest BCUT2D eigenvalue weighted by atomic mass is 9.56. The van der Waals surface area contributed by atoms with Gasteiger partial charge in [0, 0.05) is 166 Å². The van der Waals surface area contributed by atoms with Gasteiger partial charge in [0.25, 0.3) is 5.91 Å². The first-order valence-electron chi connectivity index (χ1n) is 43.7. The molecule has 8 aliphatic rings. The highest BCUT2D eigenvalue weighted by molar-refractivity contribution is 7.47. The van der Waals surface area contributed by atoms with Crippen molar-refractivity contribution in [3.8, 4) is 23.0 Å². The minimum atomic E-state index is -5.31. The maximum absolute atomic E-state index is 14.7. The van der Waals surface area contributed by atoms with Gasteiger partial charge in [0.05, 0.1) is 78.8 Å². The lowest BCUT2D eigenvalue weighted by molar-refractivity contribution is -0.124. The minimum absolute atomic E-state index is 0.0172. The Bertz CT molecular complexity index is 5920. The quantitative estimate of drug-likeness (QED) is 0.0120. The Morgan fingerprint density at radius 2 is 1.36 bits per heavy atom. The molecule has 704 valence electrons. The summed E-state index contributed by atoms with van der Waals surface area (Å²) in [5.41, 5.74) is 37.1. The number of hydrogen-bond acceptors (Lipinski definition) is 28. The number of primary amides is 6. The highest BCUT2D eigenvalue weighted by Gasteiger charge is 2.67. The number of aliphatic hydroxyl groups excluding tert-OH is 1. The molecule has 132 heavy (non-hydrogen) atoms. The van der Waals surface area contributed by atoms with Gasteiger partial charge in [-0.2, -0.15) is 0 Å². The molecular formula is C91H113N18O22P. The Morgan fingerprint density at radius 1 is 0.712 bits per heavy atom. The smallest absolute Gasteiger partial charge is 0.472 e. The normalized spacial score (nSPS) is 27.9. The summed E-state index contributed by atoms with van der Waals surface area (Å²) in [5.74, 6) is -8.65. The van der Waals surface area contributed by atoms with Crippen LogP contribution in [0, 0.1) is 59.2 Å². The van der Waals surface area contributed by atoms with Crippen LogP contribution in [0.1, 0.15) is 193 Å². The third-order valence-electron chi connectivity index (χ3n) is 27.9. The van der Waals surface area contributed by atoms with Gasteiger partial charge in [0.2, 0.25) is 41.4 Å². The number of ether oxygens (including phenoxy) is 5. The number of benzene rings is 4. The van der Waals surface area contributed by atoms with Gasteiger partial charge in [-0.3, -0.25) is 62.4 Å². The molecule has 0 radical (unpaired) electrons. The topological polar surface area (TPSA) is 623 Å². The van der Waals surface area contributed by atoms with Gasteiger partial charge in [0.15, 0.2) is 11.8 Å². The number of phenols is 2. The van der Waals surface area contributed by atoms with Crippen molar-refractivity contribution >= 4 is 95.3 Å². The Labute approximate surface area is 759 Å². The van der Waals surface area contributed by atoms with Gasteiger partial charge < -0.3 is 104 Å². The lowest BCUT2D eigenvalue weighted by Crippen LogP contribution is -2.59. The van der Waals surface area contributed by atoms with Crippen LogP contribution in [0.25, 0.3) is 11.0 Å². The summed E-state index contributed by atoms with van der Waals surface area (Å²) in [5, 5.41) is 53.2. The summed E-state index contributed by atoms with van der Waals surface area (Å²) >= 11 is 0. The molecule has 2 fully saturated rings. The maximum atomic E-state index is 14.7. The number of phosphoric acid groups is 1. The number of aliphatic imine (C=N–C) groups is 3. The molecule has 1 unspecified atom stereocenters. The number of phenolic OH excluding ortho intramolecular Hbond substituents is 2. The number of esters is 1. The number of phosphoric ester groups is 1. The number of aromatic nitrogens is 5. The van der Waals surface area contributed by atoms with E-state index in [4.69, 9.17) is 82.1 Å². The largest absolute Gasteiger partial charge is 0.508 e. The predicted molar refractivity (Wildman–Crippen MR) is 476 cm³/mol. The number of alkyl carbamates (subject to hydrolysis) is 1. The van der Waals surface area contributed by atoms with Crippen molar-refractivity contribution in [1.82, 2.24) is 45.8 Å². The Hall–Kier alpha value is -12.6. The third-order valence-corrected chi connectivity index (χ3v) is 29.0. The zero-order chi connectivity index (χ0) is 95.6. The molecule has 9 amide bonds. The molecule has 14 rings (SSSR count). The number of rotatable bonds is 36. The second-order valence-corrected chi connectivity index (χ2v) is 38.4. The maximum Gasteiger partial charge on any atom is 0.472 e. The highest BCUT2D eigenvalue weighted by atomic mass is 31.2. The molecule has 4 aromatic carbocycles. The summed E-state index contributed by atoms with van der Waals surface area (Å²) in [6, 6.07) is 15.9. The first kappa shape index (κ1) is 95.5. The van der Waals surface area contributed by atoms with E-state index in [1.807, 2.05) is 80.5 Å². The predicted octanol–water partition coefficient (Wildman–Crippen LogP) is 6.11. The molecule has 15 atom stereocenters. The first-order valence-corrected chi connectivity index (χ1v) is 45.2. The number of nitrogens with one attached hydrogen (secondary N) is 4. The fourth-order valence-corrected chi connectivity index (χ4v) is 21.9. The van der Waals surface area contributed by atoms with Crippen molar-refractivity contribution in [3.05, 3.63) is 158 Å². The molecule has 10 heterocycles. The van der Waals surface area contributed by atoms with E-state index in [0.29, 0.717) is 78.8 Å². The van der Waals surface area contributed by atoms with Crippen LogP contribution in [0.5, 0.6) is 23.0 Å². The molecule has 1 spiro atoms. The van der Waals surface area contributed by atoms with Crippen LogP contribution in [0.4, 0.5) is 4.79 Å². The molecule has 8 bridgehead atoms. The molecule has 40 nitrogen and oxygen atoms in total. The second-order valence-electron chi connectivity index (χ2n) is 37.0. The summed E-state index contributed by atoms with van der Waals surface area (Å²) in [4.78, 5) is 168. The van der Waals surface area contributed by atoms with Gasteiger partial charge in [-0.15, -0.1) is 5.10 Å². The summed E-state index contributed by atoms with van der Waals surface area (Å²) in [6.07, 6.45) is -4.98. The molecule has 41 heteroatoms. The van der Waals surface area contributed by atoms with Crippen molar-refractivity contribution in [2.45, 2.75) is 208 Å². The van der Waals surface area contributed by atoms with E-state index in [1.54, 1.807) is 31.3 Å². The van der Waals surface area contributed by atoms with Gasteiger partial charge in [-0.1, -0.05) is 39.8 Å². The number of aryl methyl sites for hydroxylation is 2. The first-order chi connectivity index (χ1) is 62.2. The number of carbonyl (C=O) groups is 10. The number of carbonyl (C=O) groups excluding carboxylic acids is 10. The number of imidazole rings is 1. The Morgan fingerprint density at radius 3 is 2.02 bits per heavy atom. The second kappa shape index (κ2) is 36.9. The zero-order valence-corrected chi connectivity index (χ0v) is 76.1.